The highest BCUT2D eigenvalue weighted by Gasteiger charge is 2.34. The van der Waals surface area contributed by atoms with Gasteiger partial charge in [-0.1, -0.05) is 6.92 Å². The number of nitrogens with one attached hydrogen (secondary N) is 1. The van der Waals surface area contributed by atoms with E-state index < -0.39 is 5.97 Å². The Balaban J connectivity index is 2.56. The molecule has 0 aliphatic heterocycles. The lowest BCUT2D eigenvalue weighted by Crippen LogP contribution is -2.49. The number of hydrogen-bond acceptors (Lipinski definition) is 2. The molecule has 0 aromatic carbocycles. The molecule has 0 aromatic heterocycles. The number of carboxylic acids is 1. The fourth-order valence-corrected chi connectivity index (χ4v) is 2.14. The van der Waals surface area contributed by atoms with Crippen molar-refractivity contribution in [3.63, 3.8) is 0 Å². The van der Waals surface area contributed by atoms with Crippen LogP contribution in [0.25, 0.3) is 0 Å². The molecule has 18 heavy (non-hydrogen) atoms. The topological polar surface area (TPSA) is 69.6 Å². The maximum atomic E-state index is 12.1. The van der Waals surface area contributed by atoms with E-state index in [1.54, 1.807) is 4.90 Å². The van der Waals surface area contributed by atoms with Gasteiger partial charge in [-0.3, -0.25) is 4.79 Å². The van der Waals surface area contributed by atoms with Gasteiger partial charge in [-0.05, 0) is 39.0 Å². The summed E-state index contributed by atoms with van der Waals surface area (Å²) >= 11 is 0. The van der Waals surface area contributed by atoms with Crippen molar-refractivity contribution in [2.24, 2.45) is 5.92 Å². The first kappa shape index (κ1) is 14.8. The van der Waals surface area contributed by atoms with Crippen molar-refractivity contribution in [3.8, 4) is 0 Å². The summed E-state index contributed by atoms with van der Waals surface area (Å²) in [4.78, 5) is 24.7. The molecular weight excluding hydrogens is 232 g/mol. The maximum absolute atomic E-state index is 12.1. The number of aliphatic carboxylic acids is 1. The quantitative estimate of drug-likeness (QED) is 0.732. The van der Waals surface area contributed by atoms with Gasteiger partial charge in [0.1, 0.15) is 0 Å². The minimum Gasteiger partial charge on any atom is -0.481 e. The number of nitrogens with zero attached hydrogens (tertiary/aromatic N) is 1. The van der Waals surface area contributed by atoms with Crippen molar-refractivity contribution < 1.29 is 14.7 Å². The molecule has 0 spiro atoms. The molecule has 0 saturated heterocycles. The van der Waals surface area contributed by atoms with Gasteiger partial charge in [-0.15, -0.1) is 0 Å². The Hall–Kier alpha value is -1.26. The highest BCUT2D eigenvalue weighted by Crippen LogP contribution is 2.34. The van der Waals surface area contributed by atoms with E-state index in [0.29, 0.717) is 12.5 Å². The number of urea groups is 1. The summed E-state index contributed by atoms with van der Waals surface area (Å²) in [5.74, 6) is -0.500. The molecule has 5 heteroatoms. The smallest absolute Gasteiger partial charge is 0.317 e. The minimum atomic E-state index is -0.848. The lowest BCUT2D eigenvalue weighted by molar-refractivity contribution is -0.137. The molecule has 0 heterocycles. The fraction of sp³-hybridized carbons (Fsp3) is 0.846. The molecule has 1 aliphatic rings. The molecule has 2 N–H and O–H groups in total. The van der Waals surface area contributed by atoms with Crippen molar-refractivity contribution in [2.45, 2.75) is 58.5 Å². The Morgan fingerprint density at radius 2 is 2.00 bits per heavy atom. The van der Waals surface area contributed by atoms with Crippen LogP contribution in [0.15, 0.2) is 0 Å². The van der Waals surface area contributed by atoms with Crippen LogP contribution in [0.1, 0.15) is 46.5 Å². The predicted octanol–water partition coefficient (Wildman–Crippen LogP) is 2.07. The van der Waals surface area contributed by atoms with E-state index in [2.05, 4.69) is 5.32 Å². The van der Waals surface area contributed by atoms with Crippen LogP contribution in [0.4, 0.5) is 4.79 Å². The Morgan fingerprint density at radius 1 is 1.39 bits per heavy atom. The summed E-state index contributed by atoms with van der Waals surface area (Å²) in [5.41, 5.74) is 0. The van der Waals surface area contributed by atoms with Crippen LogP contribution in [0.2, 0.25) is 0 Å². The highest BCUT2D eigenvalue weighted by atomic mass is 16.4. The van der Waals surface area contributed by atoms with Gasteiger partial charge in [0.15, 0.2) is 0 Å². The second-order valence-electron chi connectivity index (χ2n) is 5.03. The van der Waals surface area contributed by atoms with Gasteiger partial charge in [0, 0.05) is 18.6 Å². The summed E-state index contributed by atoms with van der Waals surface area (Å²) in [6.45, 7) is 6.63. The van der Waals surface area contributed by atoms with Gasteiger partial charge in [-0.2, -0.15) is 0 Å². The molecule has 0 radical (unpaired) electrons. The number of carboxylic acid groups (broad SMARTS) is 1. The number of hydrogen-bond donors (Lipinski definition) is 2. The van der Waals surface area contributed by atoms with E-state index in [0.717, 1.165) is 19.3 Å². The Labute approximate surface area is 109 Å². The first-order valence-corrected chi connectivity index (χ1v) is 6.78. The predicted molar refractivity (Wildman–Crippen MR) is 69.4 cm³/mol. The van der Waals surface area contributed by atoms with Crippen LogP contribution in [0, 0.1) is 5.92 Å². The zero-order valence-electron chi connectivity index (χ0n) is 11.5. The first-order chi connectivity index (χ1) is 8.49. The molecule has 1 fully saturated rings. The normalized spacial score (nSPS) is 17.9. The molecule has 2 amide bonds. The molecule has 1 rings (SSSR count). The van der Waals surface area contributed by atoms with Gasteiger partial charge < -0.3 is 15.3 Å². The van der Waals surface area contributed by atoms with E-state index in [4.69, 9.17) is 5.11 Å². The van der Waals surface area contributed by atoms with E-state index >= 15 is 0 Å². The van der Waals surface area contributed by atoms with Crippen LogP contribution >= 0.6 is 0 Å². The second-order valence-corrected chi connectivity index (χ2v) is 5.03. The molecule has 2 unspecified atom stereocenters. The third-order valence-corrected chi connectivity index (χ3v) is 3.62. The Bertz CT molecular complexity index is 303. The molecule has 1 saturated carbocycles. The number of rotatable bonds is 7. The number of amides is 2. The van der Waals surface area contributed by atoms with Crippen molar-refractivity contribution in [1.82, 2.24) is 10.2 Å². The third kappa shape index (κ3) is 4.20. The van der Waals surface area contributed by atoms with Gasteiger partial charge in [0.2, 0.25) is 0 Å². The van der Waals surface area contributed by atoms with E-state index in [-0.39, 0.29) is 24.5 Å². The van der Waals surface area contributed by atoms with Crippen molar-refractivity contribution >= 4 is 12.0 Å². The first-order valence-electron chi connectivity index (χ1n) is 6.78. The third-order valence-electron chi connectivity index (χ3n) is 3.62. The average Bonchev–Trinajstić information content (AvgIpc) is 3.12. The van der Waals surface area contributed by atoms with Crippen molar-refractivity contribution in [3.05, 3.63) is 0 Å². The van der Waals surface area contributed by atoms with Gasteiger partial charge in [-0.25, -0.2) is 4.79 Å². The lowest BCUT2D eigenvalue weighted by Gasteiger charge is -2.29. The second kappa shape index (κ2) is 6.61. The van der Waals surface area contributed by atoms with Crippen LogP contribution in [-0.2, 0) is 4.79 Å². The molecule has 2 atom stereocenters. The molecule has 0 bridgehead atoms. The van der Waals surface area contributed by atoms with Crippen molar-refractivity contribution in [1.29, 1.82) is 0 Å². The van der Waals surface area contributed by atoms with Gasteiger partial charge >= 0.3 is 12.0 Å². The minimum absolute atomic E-state index is 0.0223. The van der Waals surface area contributed by atoms with E-state index in [1.165, 1.54) is 0 Å². The standard InChI is InChI=1S/C13H24N2O3/c1-4-9(3)15(5-2)13(18)14-11(8-12(16)17)10-6-7-10/h9-11H,4-8H2,1-3H3,(H,14,18)(H,16,17). The van der Waals surface area contributed by atoms with Crippen molar-refractivity contribution in [2.75, 3.05) is 6.54 Å². The molecule has 5 nitrogen and oxygen atoms in total. The monoisotopic (exact) mass is 256 g/mol. The summed E-state index contributed by atoms with van der Waals surface area (Å²) in [6.07, 6.45) is 2.96. The van der Waals surface area contributed by atoms with E-state index in [1.807, 2.05) is 20.8 Å². The summed E-state index contributed by atoms with van der Waals surface area (Å²) in [7, 11) is 0. The lowest BCUT2D eigenvalue weighted by atomic mass is 10.1. The molecular formula is C13H24N2O3. The van der Waals surface area contributed by atoms with Gasteiger partial charge in [0.05, 0.1) is 6.42 Å². The highest BCUT2D eigenvalue weighted by molar-refractivity contribution is 5.76. The Morgan fingerprint density at radius 3 is 2.39 bits per heavy atom. The number of carbonyl (C=O) groups excluding carboxylic acids is 1. The fourth-order valence-electron chi connectivity index (χ4n) is 2.14. The van der Waals surface area contributed by atoms with Crippen LogP contribution in [0.3, 0.4) is 0 Å². The largest absolute Gasteiger partial charge is 0.481 e. The zero-order chi connectivity index (χ0) is 13.7. The maximum Gasteiger partial charge on any atom is 0.317 e. The number of carbonyl (C=O) groups is 2. The molecule has 1 aliphatic carbocycles. The molecule has 0 aromatic rings. The van der Waals surface area contributed by atoms with Crippen LogP contribution in [0.5, 0.6) is 0 Å². The zero-order valence-corrected chi connectivity index (χ0v) is 11.5. The summed E-state index contributed by atoms with van der Waals surface area (Å²) in [5, 5.41) is 11.7. The van der Waals surface area contributed by atoms with E-state index in [9.17, 15) is 9.59 Å². The SMILES string of the molecule is CCC(C)N(CC)C(=O)NC(CC(=O)O)C1CC1. The van der Waals surface area contributed by atoms with Gasteiger partial charge in [0.25, 0.3) is 0 Å². The molecule has 104 valence electrons. The Kier molecular flexibility index (Phi) is 5.44. The average molecular weight is 256 g/mol. The summed E-state index contributed by atoms with van der Waals surface area (Å²) < 4.78 is 0. The summed E-state index contributed by atoms with van der Waals surface area (Å²) in [6, 6.07) is -0.169. The van der Waals surface area contributed by atoms with Crippen LogP contribution in [-0.4, -0.2) is 40.6 Å². The van der Waals surface area contributed by atoms with Crippen LogP contribution < -0.4 is 5.32 Å².